The number of imide groups is 1. The molecule has 0 radical (unpaired) electrons. The number of rotatable bonds is 5. The molecule has 0 spiro atoms. The summed E-state index contributed by atoms with van der Waals surface area (Å²) in [4.78, 5) is 38.1. The van der Waals surface area contributed by atoms with Crippen LogP contribution >= 0.6 is 11.8 Å². The highest BCUT2D eigenvalue weighted by Gasteiger charge is 2.36. The average molecular weight is 472 g/mol. The Kier molecular flexibility index (Phi) is 6.10. The Morgan fingerprint density at radius 3 is 2.48 bits per heavy atom. The van der Waals surface area contributed by atoms with Gasteiger partial charge < -0.3 is 10.1 Å². The molecule has 0 aliphatic carbocycles. The number of nitrogens with zero attached hydrogens (tertiary/aromatic N) is 1. The third-order valence-electron chi connectivity index (χ3n) is 4.91. The third kappa shape index (κ3) is 4.29. The molecule has 1 aliphatic heterocycles. The van der Waals surface area contributed by atoms with Crippen LogP contribution in [-0.2, 0) is 9.59 Å². The molecule has 0 bridgehead atoms. The maximum absolute atomic E-state index is 13.8. The molecule has 1 N–H and O–H groups in total. The predicted octanol–water partition coefficient (Wildman–Crippen LogP) is 4.94. The van der Waals surface area contributed by atoms with Crippen molar-refractivity contribution in [2.45, 2.75) is 0 Å². The van der Waals surface area contributed by atoms with Crippen molar-refractivity contribution in [1.82, 2.24) is 4.90 Å². The van der Waals surface area contributed by atoms with Crippen molar-refractivity contribution in [3.05, 3.63) is 76.5 Å². The van der Waals surface area contributed by atoms with Crippen LogP contribution in [0.3, 0.4) is 0 Å². The van der Waals surface area contributed by atoms with Gasteiger partial charge in [-0.15, -0.1) is 0 Å². The molecule has 0 unspecified atom stereocenters. The number of benzene rings is 3. The first-order valence-corrected chi connectivity index (χ1v) is 10.4. The van der Waals surface area contributed by atoms with Crippen molar-refractivity contribution < 1.29 is 32.3 Å². The summed E-state index contributed by atoms with van der Waals surface area (Å²) in [6.07, 6.45) is 1.54. The molecule has 3 aromatic rings. The fourth-order valence-electron chi connectivity index (χ4n) is 3.33. The summed E-state index contributed by atoms with van der Waals surface area (Å²) in [5.41, 5.74) is 0.0660. The van der Waals surface area contributed by atoms with E-state index >= 15 is 0 Å². The molecule has 0 saturated carbocycles. The first kappa shape index (κ1) is 22.4. The van der Waals surface area contributed by atoms with Gasteiger partial charge in [-0.1, -0.05) is 30.3 Å². The van der Waals surface area contributed by atoms with Gasteiger partial charge in [-0.05, 0) is 47.0 Å². The Morgan fingerprint density at radius 2 is 1.76 bits per heavy atom. The molecule has 3 aromatic carbocycles. The van der Waals surface area contributed by atoms with E-state index in [1.807, 2.05) is 29.6 Å². The lowest BCUT2D eigenvalue weighted by Gasteiger charge is -2.13. The molecule has 10 heteroatoms. The Balaban J connectivity index is 1.55. The van der Waals surface area contributed by atoms with Crippen molar-refractivity contribution in [3.8, 4) is 5.75 Å². The Morgan fingerprint density at radius 1 is 1.03 bits per heavy atom. The van der Waals surface area contributed by atoms with E-state index in [0.29, 0.717) is 34.0 Å². The molecule has 0 aromatic heterocycles. The van der Waals surface area contributed by atoms with Crippen LogP contribution in [0.5, 0.6) is 5.75 Å². The predicted molar refractivity (Wildman–Crippen MR) is 118 cm³/mol. The number of halogens is 3. The molecular formula is C23H15F3N2O4S. The lowest BCUT2D eigenvalue weighted by atomic mass is 10.0. The highest BCUT2D eigenvalue weighted by atomic mass is 32.2. The number of methoxy groups -OCH3 is 1. The van der Waals surface area contributed by atoms with Gasteiger partial charge >= 0.3 is 0 Å². The van der Waals surface area contributed by atoms with E-state index in [1.165, 1.54) is 0 Å². The van der Waals surface area contributed by atoms with E-state index in [1.54, 1.807) is 25.3 Å². The number of thioether (sulfide) groups is 1. The normalized spacial score (nSPS) is 14.9. The summed E-state index contributed by atoms with van der Waals surface area (Å²) in [6.45, 7) is -0.718. The molecule has 1 saturated heterocycles. The highest BCUT2D eigenvalue weighted by Crippen LogP contribution is 2.35. The average Bonchev–Trinajstić information content (AvgIpc) is 3.07. The molecule has 0 atom stereocenters. The van der Waals surface area contributed by atoms with Gasteiger partial charge in [0.05, 0.1) is 17.7 Å². The number of carbonyl (C=O) groups excluding carboxylic acids is 3. The molecule has 6 nitrogen and oxygen atoms in total. The molecule has 4 rings (SSSR count). The minimum absolute atomic E-state index is 0.0992. The first-order valence-electron chi connectivity index (χ1n) is 9.54. The van der Waals surface area contributed by atoms with Gasteiger partial charge in [0, 0.05) is 5.39 Å². The Bertz CT molecular complexity index is 1340. The second-order valence-corrected chi connectivity index (χ2v) is 7.93. The van der Waals surface area contributed by atoms with Crippen LogP contribution in [0.25, 0.3) is 16.8 Å². The van der Waals surface area contributed by atoms with Gasteiger partial charge in [0.15, 0.2) is 17.5 Å². The van der Waals surface area contributed by atoms with E-state index in [9.17, 15) is 27.6 Å². The van der Waals surface area contributed by atoms with Crippen molar-refractivity contribution in [1.29, 1.82) is 0 Å². The standard InChI is InChI=1S/C23H15F3N2O4S/c1-32-17-9-6-12(13-4-2-3-5-14(13)17)10-18-22(30)28(23(31)33-18)11-19(29)27-16-8-7-15(24)20(25)21(16)26/h2-10H,11H2,1H3,(H,27,29)/b18-10+. The maximum atomic E-state index is 13.8. The maximum Gasteiger partial charge on any atom is 0.294 e. The van der Waals surface area contributed by atoms with Crippen molar-refractivity contribution in [3.63, 3.8) is 0 Å². The van der Waals surface area contributed by atoms with Crippen LogP contribution < -0.4 is 10.1 Å². The first-order chi connectivity index (χ1) is 15.8. The number of hydrogen-bond acceptors (Lipinski definition) is 5. The third-order valence-corrected chi connectivity index (χ3v) is 5.82. The molecular weight excluding hydrogens is 457 g/mol. The van der Waals surface area contributed by atoms with Crippen LogP contribution in [0.4, 0.5) is 23.7 Å². The summed E-state index contributed by atoms with van der Waals surface area (Å²) in [6, 6.07) is 12.3. The number of amides is 3. The lowest BCUT2D eigenvalue weighted by molar-refractivity contribution is -0.127. The number of ether oxygens (including phenoxy) is 1. The molecule has 1 aliphatic rings. The van der Waals surface area contributed by atoms with Crippen molar-refractivity contribution in [2.75, 3.05) is 19.0 Å². The Hall–Kier alpha value is -3.79. The van der Waals surface area contributed by atoms with E-state index < -0.39 is 46.7 Å². The van der Waals surface area contributed by atoms with Crippen LogP contribution in [0.15, 0.2) is 53.4 Å². The van der Waals surface area contributed by atoms with Crippen molar-refractivity contribution >= 4 is 51.4 Å². The van der Waals surface area contributed by atoms with Gasteiger partial charge in [0.1, 0.15) is 12.3 Å². The van der Waals surface area contributed by atoms with E-state index in [2.05, 4.69) is 0 Å². The number of hydrogen-bond donors (Lipinski definition) is 1. The highest BCUT2D eigenvalue weighted by molar-refractivity contribution is 8.18. The summed E-state index contributed by atoms with van der Waals surface area (Å²) < 4.78 is 45.5. The van der Waals surface area contributed by atoms with Crippen LogP contribution in [0.1, 0.15) is 5.56 Å². The second-order valence-electron chi connectivity index (χ2n) is 6.94. The number of anilines is 1. The van der Waals surface area contributed by atoms with Crippen LogP contribution in [0.2, 0.25) is 0 Å². The summed E-state index contributed by atoms with van der Waals surface area (Å²) in [5.74, 6) is -5.73. The minimum atomic E-state index is -1.74. The quantitative estimate of drug-likeness (QED) is 0.421. The van der Waals surface area contributed by atoms with E-state index in [-0.39, 0.29) is 4.91 Å². The fraction of sp³-hybridized carbons (Fsp3) is 0.0870. The zero-order chi connectivity index (χ0) is 23.7. The molecule has 3 amide bonds. The number of nitrogens with one attached hydrogen (secondary N) is 1. The molecule has 1 heterocycles. The van der Waals surface area contributed by atoms with Crippen LogP contribution in [0, 0.1) is 17.5 Å². The van der Waals surface area contributed by atoms with Crippen molar-refractivity contribution in [2.24, 2.45) is 0 Å². The summed E-state index contributed by atoms with van der Waals surface area (Å²) in [7, 11) is 1.55. The number of carbonyl (C=O) groups is 3. The smallest absolute Gasteiger partial charge is 0.294 e. The Labute approximate surface area is 190 Å². The largest absolute Gasteiger partial charge is 0.496 e. The van der Waals surface area contributed by atoms with Gasteiger partial charge in [0.2, 0.25) is 5.91 Å². The topological polar surface area (TPSA) is 75.7 Å². The van der Waals surface area contributed by atoms with E-state index in [4.69, 9.17) is 4.74 Å². The van der Waals surface area contributed by atoms with Gasteiger partial charge in [0.25, 0.3) is 11.1 Å². The van der Waals surface area contributed by atoms with Crippen LogP contribution in [-0.4, -0.2) is 35.6 Å². The van der Waals surface area contributed by atoms with Gasteiger partial charge in [-0.25, -0.2) is 13.2 Å². The lowest BCUT2D eigenvalue weighted by Crippen LogP contribution is -2.36. The summed E-state index contributed by atoms with van der Waals surface area (Å²) >= 11 is 0.655. The zero-order valence-electron chi connectivity index (χ0n) is 17.0. The molecule has 1 fully saturated rings. The van der Waals surface area contributed by atoms with E-state index in [0.717, 1.165) is 16.8 Å². The SMILES string of the molecule is COc1ccc(/C=C2/SC(=O)N(CC(=O)Nc3ccc(F)c(F)c3F)C2=O)c2ccccc12. The zero-order valence-corrected chi connectivity index (χ0v) is 17.8. The fourth-order valence-corrected chi connectivity index (χ4v) is 4.16. The van der Waals surface area contributed by atoms with Gasteiger partial charge in [-0.3, -0.25) is 19.3 Å². The molecule has 168 valence electrons. The summed E-state index contributed by atoms with van der Waals surface area (Å²) in [5, 5.41) is 2.97. The molecule has 33 heavy (non-hydrogen) atoms. The minimum Gasteiger partial charge on any atom is -0.496 e. The second kappa shape index (κ2) is 8.99. The monoisotopic (exact) mass is 472 g/mol. The number of fused-ring (bicyclic) bond motifs is 1. The van der Waals surface area contributed by atoms with Gasteiger partial charge in [-0.2, -0.15) is 0 Å².